The Kier molecular flexibility index (Phi) is 3.86. The third kappa shape index (κ3) is 3.14. The summed E-state index contributed by atoms with van der Waals surface area (Å²) in [5.74, 6) is -2.16. The lowest BCUT2D eigenvalue weighted by Crippen LogP contribution is -2.12. The predicted molar refractivity (Wildman–Crippen MR) is 69.6 cm³/mol. The molecule has 0 unspecified atom stereocenters. The van der Waals surface area contributed by atoms with Gasteiger partial charge in [-0.1, -0.05) is 11.2 Å². The highest BCUT2D eigenvalue weighted by molar-refractivity contribution is 7.98. The molecular formula is C12H10N2O4S. The summed E-state index contributed by atoms with van der Waals surface area (Å²) in [5.41, 5.74) is 0.531. The van der Waals surface area contributed by atoms with Crippen molar-refractivity contribution < 1.29 is 19.2 Å². The first-order chi connectivity index (χ1) is 9.10. The van der Waals surface area contributed by atoms with Crippen molar-refractivity contribution in [1.82, 2.24) is 5.16 Å². The lowest BCUT2D eigenvalue weighted by Gasteiger charge is -2.04. The van der Waals surface area contributed by atoms with Gasteiger partial charge in [-0.05, 0) is 24.5 Å². The highest BCUT2D eigenvalue weighted by Crippen LogP contribution is 2.19. The minimum absolute atomic E-state index is 0.0769. The van der Waals surface area contributed by atoms with Crippen LogP contribution in [0.3, 0.4) is 0 Å². The van der Waals surface area contributed by atoms with Crippen molar-refractivity contribution >= 4 is 29.3 Å². The molecule has 0 aliphatic carbocycles. The molecule has 6 nitrogen and oxygen atoms in total. The molecule has 1 aromatic carbocycles. The summed E-state index contributed by atoms with van der Waals surface area (Å²) in [6, 6.07) is 8.35. The number of carbonyl (C=O) groups excluding carboxylic acids is 1. The Morgan fingerprint density at radius 1 is 1.37 bits per heavy atom. The number of carboxylic acids is 1. The Labute approximate surface area is 112 Å². The topological polar surface area (TPSA) is 92.4 Å². The van der Waals surface area contributed by atoms with Gasteiger partial charge in [-0.3, -0.25) is 4.79 Å². The van der Waals surface area contributed by atoms with Crippen molar-refractivity contribution in [2.24, 2.45) is 0 Å². The molecule has 1 aromatic heterocycles. The minimum atomic E-state index is -1.27. The number of hydrogen-bond donors (Lipinski definition) is 2. The number of nitrogens with one attached hydrogen (secondary N) is 1. The molecule has 0 aliphatic rings. The predicted octanol–water partition coefficient (Wildman–Crippen LogP) is 2.35. The van der Waals surface area contributed by atoms with Crippen LogP contribution in [-0.2, 0) is 0 Å². The summed E-state index contributed by atoms with van der Waals surface area (Å²) in [6.07, 6.45) is 1.93. The van der Waals surface area contributed by atoms with Crippen LogP contribution in [0.1, 0.15) is 21.0 Å². The third-order valence-electron chi connectivity index (χ3n) is 2.28. The van der Waals surface area contributed by atoms with Gasteiger partial charge in [0.2, 0.25) is 5.76 Å². The molecule has 1 heterocycles. The van der Waals surface area contributed by atoms with E-state index in [1.165, 1.54) is 0 Å². The number of thioether (sulfide) groups is 1. The van der Waals surface area contributed by atoms with Crippen LogP contribution in [0.5, 0.6) is 0 Å². The number of hydrogen-bond acceptors (Lipinski definition) is 5. The number of amides is 1. The van der Waals surface area contributed by atoms with Gasteiger partial charge >= 0.3 is 5.97 Å². The standard InChI is InChI=1S/C12H10N2O4S/c1-19-8-4-2-3-7(5-8)13-11(15)9-6-10(12(16)17)18-14-9/h2-6H,1H3,(H,13,15)(H,16,17). The zero-order valence-electron chi connectivity index (χ0n) is 9.91. The molecule has 0 bridgehead atoms. The molecule has 2 aromatic rings. The average Bonchev–Trinajstić information content (AvgIpc) is 2.89. The van der Waals surface area contributed by atoms with E-state index >= 15 is 0 Å². The van der Waals surface area contributed by atoms with Crippen LogP contribution in [-0.4, -0.2) is 28.4 Å². The van der Waals surface area contributed by atoms with Crippen LogP contribution in [0.2, 0.25) is 0 Å². The molecule has 2 rings (SSSR count). The van der Waals surface area contributed by atoms with Gasteiger partial charge in [-0.25, -0.2) is 4.79 Å². The summed E-state index contributed by atoms with van der Waals surface area (Å²) in [5, 5.41) is 14.7. The fourth-order valence-corrected chi connectivity index (χ4v) is 1.84. The Morgan fingerprint density at radius 2 is 2.16 bits per heavy atom. The summed E-state index contributed by atoms with van der Waals surface area (Å²) in [6.45, 7) is 0. The quantitative estimate of drug-likeness (QED) is 0.834. The van der Waals surface area contributed by atoms with Crippen molar-refractivity contribution in [2.75, 3.05) is 11.6 Å². The van der Waals surface area contributed by atoms with E-state index in [0.717, 1.165) is 11.0 Å². The summed E-state index contributed by atoms with van der Waals surface area (Å²) in [7, 11) is 0. The molecular weight excluding hydrogens is 268 g/mol. The molecule has 2 N–H and O–H groups in total. The molecule has 0 atom stereocenters. The maximum Gasteiger partial charge on any atom is 0.374 e. The lowest BCUT2D eigenvalue weighted by molar-refractivity contribution is 0.0651. The van der Waals surface area contributed by atoms with Crippen LogP contribution in [0, 0.1) is 0 Å². The first-order valence-corrected chi connectivity index (χ1v) is 6.48. The zero-order valence-corrected chi connectivity index (χ0v) is 10.7. The summed E-state index contributed by atoms with van der Waals surface area (Å²) in [4.78, 5) is 23.4. The van der Waals surface area contributed by atoms with Gasteiger partial charge in [0.15, 0.2) is 5.69 Å². The summed E-state index contributed by atoms with van der Waals surface area (Å²) < 4.78 is 4.52. The molecule has 0 fully saturated rings. The first-order valence-electron chi connectivity index (χ1n) is 5.25. The number of rotatable bonds is 4. The van der Waals surface area contributed by atoms with E-state index in [4.69, 9.17) is 5.11 Å². The molecule has 1 amide bonds. The van der Waals surface area contributed by atoms with Crippen LogP contribution < -0.4 is 5.32 Å². The Balaban J connectivity index is 2.13. The molecule has 0 aliphatic heterocycles. The van der Waals surface area contributed by atoms with Crippen LogP contribution in [0.4, 0.5) is 5.69 Å². The average molecular weight is 278 g/mol. The number of carboxylic acid groups (broad SMARTS) is 1. The monoisotopic (exact) mass is 278 g/mol. The molecule has 7 heteroatoms. The van der Waals surface area contributed by atoms with Gasteiger partial charge in [0, 0.05) is 16.6 Å². The zero-order chi connectivity index (χ0) is 13.8. The van der Waals surface area contributed by atoms with Crippen LogP contribution in [0.15, 0.2) is 39.8 Å². The molecule has 0 saturated carbocycles. The van der Waals surface area contributed by atoms with E-state index < -0.39 is 11.9 Å². The first kappa shape index (κ1) is 13.2. The summed E-state index contributed by atoms with van der Waals surface area (Å²) >= 11 is 1.55. The highest BCUT2D eigenvalue weighted by Gasteiger charge is 2.16. The fourth-order valence-electron chi connectivity index (χ4n) is 1.38. The minimum Gasteiger partial charge on any atom is -0.475 e. The third-order valence-corrected chi connectivity index (χ3v) is 3.01. The van der Waals surface area contributed by atoms with Crippen LogP contribution >= 0.6 is 11.8 Å². The Morgan fingerprint density at radius 3 is 2.79 bits per heavy atom. The highest BCUT2D eigenvalue weighted by atomic mass is 32.2. The van der Waals surface area contributed by atoms with Gasteiger partial charge in [0.25, 0.3) is 5.91 Å². The second kappa shape index (κ2) is 5.57. The van der Waals surface area contributed by atoms with Gasteiger partial charge in [0.05, 0.1) is 0 Å². The molecule has 98 valence electrons. The van der Waals surface area contributed by atoms with E-state index in [1.807, 2.05) is 18.4 Å². The van der Waals surface area contributed by atoms with Crippen molar-refractivity contribution in [3.8, 4) is 0 Å². The number of aromatic carboxylic acids is 1. The van der Waals surface area contributed by atoms with Gasteiger partial charge in [-0.2, -0.15) is 0 Å². The van der Waals surface area contributed by atoms with Gasteiger partial charge in [-0.15, -0.1) is 11.8 Å². The maximum atomic E-state index is 11.8. The van der Waals surface area contributed by atoms with E-state index in [9.17, 15) is 9.59 Å². The van der Waals surface area contributed by atoms with Crippen LogP contribution in [0.25, 0.3) is 0 Å². The molecule has 0 radical (unpaired) electrons. The molecule has 0 saturated heterocycles. The van der Waals surface area contributed by atoms with Crippen molar-refractivity contribution in [3.05, 3.63) is 41.8 Å². The maximum absolute atomic E-state index is 11.8. The number of aromatic nitrogens is 1. The number of nitrogens with zero attached hydrogens (tertiary/aromatic N) is 1. The van der Waals surface area contributed by atoms with Crippen molar-refractivity contribution in [3.63, 3.8) is 0 Å². The Bertz CT molecular complexity index is 624. The van der Waals surface area contributed by atoms with Crippen molar-refractivity contribution in [2.45, 2.75) is 4.90 Å². The SMILES string of the molecule is CSc1cccc(NC(=O)c2cc(C(=O)O)on2)c1. The fraction of sp³-hybridized carbons (Fsp3) is 0.0833. The molecule has 0 spiro atoms. The van der Waals surface area contributed by atoms with E-state index in [1.54, 1.807) is 23.9 Å². The normalized spacial score (nSPS) is 10.2. The largest absolute Gasteiger partial charge is 0.475 e. The van der Waals surface area contributed by atoms with Gasteiger partial charge < -0.3 is 14.9 Å². The second-order valence-electron chi connectivity index (χ2n) is 3.57. The van der Waals surface area contributed by atoms with E-state index in [2.05, 4.69) is 15.0 Å². The second-order valence-corrected chi connectivity index (χ2v) is 4.45. The van der Waals surface area contributed by atoms with Gasteiger partial charge in [0.1, 0.15) is 0 Å². The molecule has 19 heavy (non-hydrogen) atoms. The number of anilines is 1. The number of carbonyl (C=O) groups is 2. The number of benzene rings is 1. The smallest absolute Gasteiger partial charge is 0.374 e. The van der Waals surface area contributed by atoms with Crippen molar-refractivity contribution in [1.29, 1.82) is 0 Å². The van der Waals surface area contributed by atoms with E-state index in [0.29, 0.717) is 5.69 Å². The Hall–Kier alpha value is -2.28. The lowest BCUT2D eigenvalue weighted by atomic mass is 10.3. The van der Waals surface area contributed by atoms with E-state index in [-0.39, 0.29) is 11.5 Å².